The van der Waals surface area contributed by atoms with Crippen molar-refractivity contribution < 1.29 is 9.90 Å². The van der Waals surface area contributed by atoms with Gasteiger partial charge < -0.3 is 5.11 Å². The second-order valence-electron chi connectivity index (χ2n) is 3.40. The molecule has 2 rings (SSSR count). The fraction of sp³-hybridized carbons (Fsp3) is 0.0833. The van der Waals surface area contributed by atoms with Crippen molar-refractivity contribution in [3.05, 3.63) is 45.1 Å². The van der Waals surface area contributed by atoms with E-state index in [4.69, 9.17) is 16.7 Å². The lowest BCUT2D eigenvalue weighted by Gasteiger charge is -1.99. The number of carboxylic acid groups (broad SMARTS) is 1. The van der Waals surface area contributed by atoms with Crippen molar-refractivity contribution in [3.8, 4) is 11.1 Å². The predicted molar refractivity (Wildman–Crippen MR) is 66.5 cm³/mol. The van der Waals surface area contributed by atoms with E-state index < -0.39 is 5.97 Å². The predicted octanol–water partition coefficient (Wildman–Crippen LogP) is 4.08. The highest BCUT2D eigenvalue weighted by Crippen LogP contribution is 2.32. The zero-order valence-electron chi connectivity index (χ0n) is 8.53. The summed E-state index contributed by atoms with van der Waals surface area (Å²) in [6.45, 7) is 1.91. The Balaban J connectivity index is 2.52. The van der Waals surface area contributed by atoms with Crippen molar-refractivity contribution in [1.29, 1.82) is 0 Å². The molecule has 4 heteroatoms. The van der Waals surface area contributed by atoms with E-state index >= 15 is 0 Å². The van der Waals surface area contributed by atoms with Crippen LogP contribution < -0.4 is 0 Å². The minimum atomic E-state index is -0.888. The summed E-state index contributed by atoms with van der Waals surface area (Å²) < 4.78 is 0. The molecule has 1 aromatic carbocycles. The maximum absolute atomic E-state index is 10.8. The smallest absolute Gasteiger partial charge is 0.345 e. The van der Waals surface area contributed by atoms with Crippen LogP contribution in [0.1, 0.15) is 14.5 Å². The summed E-state index contributed by atoms with van der Waals surface area (Å²) in [7, 11) is 0. The van der Waals surface area contributed by atoms with Crippen LogP contribution in [-0.4, -0.2) is 11.1 Å². The van der Waals surface area contributed by atoms with E-state index in [1.165, 1.54) is 11.3 Å². The highest BCUT2D eigenvalue weighted by atomic mass is 35.5. The van der Waals surface area contributed by atoms with Gasteiger partial charge in [-0.15, -0.1) is 11.3 Å². The van der Waals surface area contributed by atoms with Gasteiger partial charge in [-0.05, 0) is 36.2 Å². The number of aromatic carboxylic acids is 1. The van der Waals surface area contributed by atoms with E-state index in [2.05, 4.69) is 0 Å². The third-order valence-electron chi connectivity index (χ3n) is 2.26. The third kappa shape index (κ3) is 2.10. The Labute approximate surface area is 102 Å². The van der Waals surface area contributed by atoms with Crippen LogP contribution >= 0.6 is 22.9 Å². The van der Waals surface area contributed by atoms with Crippen molar-refractivity contribution in [3.63, 3.8) is 0 Å². The molecule has 0 amide bonds. The van der Waals surface area contributed by atoms with Crippen LogP contribution in [0.4, 0.5) is 0 Å². The molecule has 0 fully saturated rings. The molecule has 2 aromatic rings. The lowest BCUT2D eigenvalue weighted by molar-refractivity contribution is 0.0702. The van der Waals surface area contributed by atoms with Gasteiger partial charge in [0.05, 0.1) is 0 Å². The Morgan fingerprint density at radius 3 is 2.69 bits per heavy atom. The Morgan fingerprint density at radius 2 is 2.12 bits per heavy atom. The highest BCUT2D eigenvalue weighted by molar-refractivity contribution is 7.14. The molecule has 0 saturated carbocycles. The van der Waals surface area contributed by atoms with E-state index in [-0.39, 0.29) is 0 Å². The van der Waals surface area contributed by atoms with Crippen molar-refractivity contribution in [2.24, 2.45) is 0 Å². The number of hydrogen-bond donors (Lipinski definition) is 1. The van der Waals surface area contributed by atoms with E-state index in [1.807, 2.05) is 25.1 Å². The van der Waals surface area contributed by atoms with Gasteiger partial charge in [0.15, 0.2) is 0 Å². The summed E-state index contributed by atoms with van der Waals surface area (Å²) in [5.74, 6) is -0.888. The number of benzene rings is 1. The van der Waals surface area contributed by atoms with Crippen molar-refractivity contribution >= 4 is 28.9 Å². The molecule has 0 aliphatic heterocycles. The first kappa shape index (κ1) is 11.2. The van der Waals surface area contributed by atoms with Gasteiger partial charge in [0, 0.05) is 9.90 Å². The number of aryl methyl sites for hydroxylation is 1. The maximum atomic E-state index is 10.8. The van der Waals surface area contributed by atoms with Gasteiger partial charge in [0.2, 0.25) is 0 Å². The summed E-state index contributed by atoms with van der Waals surface area (Å²) in [6, 6.07) is 9.10. The average molecular weight is 253 g/mol. The third-order valence-corrected chi connectivity index (χ3v) is 3.54. The second-order valence-corrected chi connectivity index (χ2v) is 5.09. The molecule has 0 bridgehead atoms. The molecule has 1 aromatic heterocycles. The Hall–Kier alpha value is -1.32. The number of carbonyl (C=O) groups is 1. The van der Waals surface area contributed by atoms with Crippen molar-refractivity contribution in [1.82, 2.24) is 0 Å². The molecule has 1 heterocycles. The Morgan fingerprint density at radius 1 is 1.38 bits per heavy atom. The van der Waals surface area contributed by atoms with Gasteiger partial charge in [0.1, 0.15) is 4.88 Å². The molecule has 0 aliphatic carbocycles. The summed E-state index contributed by atoms with van der Waals surface area (Å²) in [5, 5.41) is 9.56. The largest absolute Gasteiger partial charge is 0.477 e. The normalized spacial score (nSPS) is 10.4. The summed E-state index contributed by atoms with van der Waals surface area (Å²) in [4.78, 5) is 12.2. The van der Waals surface area contributed by atoms with Gasteiger partial charge in [-0.3, -0.25) is 0 Å². The van der Waals surface area contributed by atoms with Gasteiger partial charge in [-0.2, -0.15) is 0 Å². The summed E-state index contributed by atoms with van der Waals surface area (Å²) in [5.41, 5.74) is 1.89. The lowest BCUT2D eigenvalue weighted by Crippen LogP contribution is -1.89. The topological polar surface area (TPSA) is 37.3 Å². The van der Waals surface area contributed by atoms with E-state index in [1.54, 1.807) is 12.1 Å². The molecule has 2 nitrogen and oxygen atoms in total. The first-order chi connectivity index (χ1) is 7.58. The number of rotatable bonds is 2. The van der Waals surface area contributed by atoms with Crippen LogP contribution in [0, 0.1) is 6.92 Å². The van der Waals surface area contributed by atoms with Gasteiger partial charge in [-0.1, -0.05) is 23.7 Å². The number of hydrogen-bond acceptors (Lipinski definition) is 2. The monoisotopic (exact) mass is 252 g/mol. The van der Waals surface area contributed by atoms with Gasteiger partial charge >= 0.3 is 5.97 Å². The van der Waals surface area contributed by atoms with Crippen LogP contribution in [0.25, 0.3) is 11.1 Å². The molecular formula is C12H9ClO2S. The summed E-state index contributed by atoms with van der Waals surface area (Å²) >= 11 is 7.18. The van der Waals surface area contributed by atoms with Crippen LogP contribution in [0.15, 0.2) is 30.3 Å². The van der Waals surface area contributed by atoms with Crippen LogP contribution in [-0.2, 0) is 0 Å². The minimum Gasteiger partial charge on any atom is -0.477 e. The van der Waals surface area contributed by atoms with E-state index in [0.29, 0.717) is 9.90 Å². The Kier molecular flexibility index (Phi) is 2.99. The van der Waals surface area contributed by atoms with Crippen LogP contribution in [0.2, 0.25) is 5.02 Å². The van der Waals surface area contributed by atoms with Crippen LogP contribution in [0.5, 0.6) is 0 Å². The quantitative estimate of drug-likeness (QED) is 0.875. The molecule has 0 unspecified atom stereocenters. The zero-order chi connectivity index (χ0) is 11.7. The number of thiophene rings is 1. The van der Waals surface area contributed by atoms with Crippen molar-refractivity contribution in [2.45, 2.75) is 6.92 Å². The highest BCUT2D eigenvalue weighted by Gasteiger charge is 2.12. The lowest BCUT2D eigenvalue weighted by atomic mass is 10.1. The van der Waals surface area contributed by atoms with E-state index in [0.717, 1.165) is 16.0 Å². The zero-order valence-corrected chi connectivity index (χ0v) is 10.1. The van der Waals surface area contributed by atoms with E-state index in [9.17, 15) is 4.79 Å². The molecule has 0 aliphatic rings. The molecule has 1 N–H and O–H groups in total. The fourth-order valence-corrected chi connectivity index (χ4v) is 2.60. The Bertz CT molecular complexity index is 546. The molecule has 16 heavy (non-hydrogen) atoms. The average Bonchev–Trinajstić information content (AvgIpc) is 2.60. The fourth-order valence-electron chi connectivity index (χ4n) is 1.53. The first-order valence-corrected chi connectivity index (χ1v) is 5.87. The second kappa shape index (κ2) is 4.28. The van der Waals surface area contributed by atoms with Crippen LogP contribution in [0.3, 0.4) is 0 Å². The molecule has 0 spiro atoms. The van der Waals surface area contributed by atoms with Gasteiger partial charge in [0.25, 0.3) is 0 Å². The number of halogens is 1. The number of carboxylic acids is 1. The SMILES string of the molecule is Cc1sc(C(=O)O)cc1-c1cccc(Cl)c1. The summed E-state index contributed by atoms with van der Waals surface area (Å²) in [6.07, 6.45) is 0. The molecule has 82 valence electrons. The standard InChI is InChI=1S/C12H9ClO2S/c1-7-10(6-11(16-7)12(14)15)8-3-2-4-9(13)5-8/h2-6H,1H3,(H,14,15). The minimum absolute atomic E-state index is 0.354. The first-order valence-electron chi connectivity index (χ1n) is 4.67. The molecule has 0 atom stereocenters. The van der Waals surface area contributed by atoms with Crippen molar-refractivity contribution in [2.75, 3.05) is 0 Å². The van der Waals surface area contributed by atoms with Gasteiger partial charge in [-0.25, -0.2) is 4.79 Å². The molecular weight excluding hydrogens is 244 g/mol. The molecule has 0 saturated heterocycles. The molecule has 0 radical (unpaired) electrons. The maximum Gasteiger partial charge on any atom is 0.345 e.